The summed E-state index contributed by atoms with van der Waals surface area (Å²) in [5, 5.41) is 0.136. The SMILES string of the molecule is C=CC(C)(C)N=C1C=c2[nH]c(=O)cc(C(F)(F)F)c2=CC1. The second kappa shape index (κ2) is 5.02. The molecule has 0 spiro atoms. The smallest absolute Gasteiger partial charge is 0.322 e. The van der Waals surface area contributed by atoms with E-state index in [0.29, 0.717) is 11.8 Å². The number of rotatable bonds is 2. The van der Waals surface area contributed by atoms with Crippen LogP contribution in [0.25, 0.3) is 12.2 Å². The Morgan fingerprint density at radius 2 is 2.05 bits per heavy atom. The van der Waals surface area contributed by atoms with E-state index in [1.54, 1.807) is 6.08 Å². The number of aliphatic imine (C=N–C) groups is 1. The highest BCUT2D eigenvalue weighted by atomic mass is 19.4. The molecule has 0 bridgehead atoms. The van der Waals surface area contributed by atoms with Gasteiger partial charge in [0.2, 0.25) is 5.56 Å². The van der Waals surface area contributed by atoms with Gasteiger partial charge in [-0.05, 0) is 19.9 Å². The van der Waals surface area contributed by atoms with E-state index < -0.39 is 22.8 Å². The standard InChI is InChI=1S/C15H15F3N2O/c1-4-14(2,3)20-9-5-6-10-11(15(16,17)18)8-13(21)19-12(10)7-9/h4,6-8H,1,5H2,2-3H3,(H,19,21). The molecular weight excluding hydrogens is 281 g/mol. The molecule has 21 heavy (non-hydrogen) atoms. The number of H-pyrrole nitrogens is 1. The van der Waals surface area contributed by atoms with E-state index in [1.807, 2.05) is 13.8 Å². The lowest BCUT2D eigenvalue weighted by Gasteiger charge is -2.17. The van der Waals surface area contributed by atoms with Crippen molar-refractivity contribution in [3.63, 3.8) is 0 Å². The lowest BCUT2D eigenvalue weighted by atomic mass is 10.0. The van der Waals surface area contributed by atoms with E-state index in [1.165, 1.54) is 12.2 Å². The summed E-state index contributed by atoms with van der Waals surface area (Å²) in [6.45, 7) is 7.34. The fourth-order valence-electron chi connectivity index (χ4n) is 2.08. The third-order valence-corrected chi connectivity index (χ3v) is 3.18. The summed E-state index contributed by atoms with van der Waals surface area (Å²) >= 11 is 0. The molecule has 0 aliphatic heterocycles. The number of aromatic amines is 1. The van der Waals surface area contributed by atoms with Gasteiger partial charge in [0.25, 0.3) is 0 Å². The van der Waals surface area contributed by atoms with Crippen LogP contribution in [0.3, 0.4) is 0 Å². The summed E-state index contributed by atoms with van der Waals surface area (Å²) in [6.07, 6.45) is 0.290. The number of aromatic nitrogens is 1. The van der Waals surface area contributed by atoms with Crippen LogP contribution in [0.2, 0.25) is 0 Å². The average Bonchev–Trinajstić information content (AvgIpc) is 2.35. The topological polar surface area (TPSA) is 45.2 Å². The van der Waals surface area contributed by atoms with Crippen molar-refractivity contribution in [3.05, 3.63) is 45.2 Å². The van der Waals surface area contributed by atoms with Crippen LogP contribution < -0.4 is 16.1 Å². The second-order valence-corrected chi connectivity index (χ2v) is 5.39. The number of hydrogen-bond donors (Lipinski definition) is 1. The second-order valence-electron chi connectivity index (χ2n) is 5.39. The Bertz CT molecular complexity index is 783. The summed E-state index contributed by atoms with van der Waals surface area (Å²) in [5.41, 5.74) is -1.61. The lowest BCUT2D eigenvalue weighted by Crippen LogP contribution is -2.42. The normalized spacial score (nSPS) is 16.9. The molecule has 0 unspecified atom stereocenters. The molecule has 0 amide bonds. The van der Waals surface area contributed by atoms with Gasteiger partial charge in [-0.15, -0.1) is 6.58 Å². The molecule has 1 heterocycles. The minimum absolute atomic E-state index is 0.00235. The van der Waals surface area contributed by atoms with Crippen LogP contribution in [0.4, 0.5) is 13.2 Å². The Hall–Kier alpha value is -2.11. The minimum atomic E-state index is -4.56. The Kier molecular flexibility index (Phi) is 3.65. The maximum atomic E-state index is 12.9. The first kappa shape index (κ1) is 15.3. The maximum absolute atomic E-state index is 12.9. The lowest BCUT2D eigenvalue weighted by molar-refractivity contribution is -0.138. The summed E-state index contributed by atoms with van der Waals surface area (Å²) < 4.78 is 38.8. The summed E-state index contributed by atoms with van der Waals surface area (Å²) in [7, 11) is 0. The zero-order valence-electron chi connectivity index (χ0n) is 11.7. The van der Waals surface area contributed by atoms with Gasteiger partial charge in [0.05, 0.1) is 16.5 Å². The van der Waals surface area contributed by atoms with Crippen LogP contribution in [0.15, 0.2) is 28.5 Å². The van der Waals surface area contributed by atoms with Crippen LogP contribution in [-0.4, -0.2) is 16.2 Å². The van der Waals surface area contributed by atoms with Crippen LogP contribution >= 0.6 is 0 Å². The monoisotopic (exact) mass is 296 g/mol. The van der Waals surface area contributed by atoms with Crippen molar-refractivity contribution < 1.29 is 13.2 Å². The van der Waals surface area contributed by atoms with Crippen LogP contribution in [-0.2, 0) is 6.18 Å². The first-order chi connectivity index (χ1) is 9.62. The molecule has 1 aromatic heterocycles. The van der Waals surface area contributed by atoms with Crippen LogP contribution in [0, 0.1) is 0 Å². The molecule has 0 radical (unpaired) electrons. The summed E-state index contributed by atoms with van der Waals surface area (Å²) in [5.74, 6) is 0. The first-order valence-electron chi connectivity index (χ1n) is 6.37. The van der Waals surface area contributed by atoms with Crippen molar-refractivity contribution in [1.29, 1.82) is 0 Å². The van der Waals surface area contributed by atoms with E-state index in [4.69, 9.17) is 0 Å². The molecule has 1 aromatic rings. The minimum Gasteiger partial charge on any atom is -0.322 e. The molecule has 0 fully saturated rings. The number of nitrogens with zero attached hydrogens (tertiary/aromatic N) is 1. The maximum Gasteiger partial charge on any atom is 0.417 e. The van der Waals surface area contributed by atoms with Crippen LogP contribution in [0.5, 0.6) is 0 Å². The molecule has 112 valence electrons. The number of nitrogens with one attached hydrogen (secondary N) is 1. The van der Waals surface area contributed by atoms with Gasteiger partial charge in [-0.3, -0.25) is 9.79 Å². The first-order valence-corrected chi connectivity index (χ1v) is 6.37. The Morgan fingerprint density at radius 3 is 2.62 bits per heavy atom. The van der Waals surface area contributed by atoms with Crippen molar-refractivity contribution in [2.24, 2.45) is 4.99 Å². The number of pyridine rings is 1. The van der Waals surface area contributed by atoms with Gasteiger partial charge in [-0.1, -0.05) is 12.2 Å². The van der Waals surface area contributed by atoms with Crippen molar-refractivity contribution >= 4 is 17.9 Å². The van der Waals surface area contributed by atoms with E-state index in [0.717, 1.165) is 0 Å². The largest absolute Gasteiger partial charge is 0.417 e. The zero-order valence-corrected chi connectivity index (χ0v) is 11.7. The van der Waals surface area contributed by atoms with Gasteiger partial charge in [-0.25, -0.2) is 0 Å². The third-order valence-electron chi connectivity index (χ3n) is 3.18. The number of halogens is 3. The van der Waals surface area contributed by atoms with Gasteiger partial charge in [0.1, 0.15) is 0 Å². The highest BCUT2D eigenvalue weighted by Gasteiger charge is 2.33. The van der Waals surface area contributed by atoms with Gasteiger partial charge < -0.3 is 4.98 Å². The van der Waals surface area contributed by atoms with E-state index in [-0.39, 0.29) is 17.0 Å². The molecule has 1 N–H and O–H groups in total. The molecule has 0 aromatic carbocycles. The van der Waals surface area contributed by atoms with Gasteiger partial charge >= 0.3 is 6.18 Å². The highest BCUT2D eigenvalue weighted by Crippen LogP contribution is 2.25. The molecule has 0 saturated carbocycles. The van der Waals surface area contributed by atoms with Gasteiger partial charge in [0.15, 0.2) is 0 Å². The quantitative estimate of drug-likeness (QED) is 0.831. The Labute approximate surface area is 119 Å². The predicted molar refractivity (Wildman–Crippen MR) is 76.6 cm³/mol. The zero-order chi connectivity index (χ0) is 15.8. The predicted octanol–water partition coefficient (Wildman–Crippen LogP) is 1.76. The van der Waals surface area contributed by atoms with Gasteiger partial charge in [0, 0.05) is 23.4 Å². The third kappa shape index (κ3) is 3.32. The number of alkyl halides is 3. The molecule has 1 aliphatic carbocycles. The van der Waals surface area contributed by atoms with Crippen molar-refractivity contribution in [3.8, 4) is 0 Å². The summed E-state index contributed by atoms with van der Waals surface area (Å²) in [6, 6.07) is 0.582. The molecule has 3 nitrogen and oxygen atoms in total. The van der Waals surface area contributed by atoms with E-state index in [2.05, 4.69) is 16.6 Å². The molecular formula is C15H15F3N2O. The molecule has 0 atom stereocenters. The van der Waals surface area contributed by atoms with Crippen molar-refractivity contribution in [1.82, 2.24) is 4.98 Å². The number of fused-ring (bicyclic) bond motifs is 1. The fraction of sp³-hybridized carbons (Fsp3) is 0.333. The van der Waals surface area contributed by atoms with Gasteiger partial charge in [-0.2, -0.15) is 13.2 Å². The molecule has 2 rings (SSSR count). The van der Waals surface area contributed by atoms with Crippen molar-refractivity contribution in [2.45, 2.75) is 32.0 Å². The van der Waals surface area contributed by atoms with E-state index in [9.17, 15) is 18.0 Å². The average molecular weight is 296 g/mol. The highest BCUT2D eigenvalue weighted by molar-refractivity contribution is 6.13. The molecule has 6 heteroatoms. The number of hydrogen-bond acceptors (Lipinski definition) is 2. The summed E-state index contributed by atoms with van der Waals surface area (Å²) in [4.78, 5) is 18.3. The van der Waals surface area contributed by atoms with Crippen molar-refractivity contribution in [2.75, 3.05) is 0 Å². The molecule has 1 aliphatic rings. The van der Waals surface area contributed by atoms with E-state index >= 15 is 0 Å². The molecule has 0 saturated heterocycles. The Balaban J connectivity index is 2.68. The Morgan fingerprint density at radius 1 is 1.38 bits per heavy atom. The fourth-order valence-corrected chi connectivity index (χ4v) is 2.08. The van der Waals surface area contributed by atoms with Crippen LogP contribution in [0.1, 0.15) is 25.8 Å².